The van der Waals surface area contributed by atoms with E-state index in [9.17, 15) is 4.79 Å². The molecule has 1 amide bonds. The van der Waals surface area contributed by atoms with Gasteiger partial charge in [-0.1, -0.05) is 20.8 Å². The molecular formula is C21H34N4O2. The first-order chi connectivity index (χ1) is 12.9. The van der Waals surface area contributed by atoms with Gasteiger partial charge in [0.15, 0.2) is 0 Å². The van der Waals surface area contributed by atoms with Crippen molar-refractivity contribution in [3.63, 3.8) is 0 Å². The van der Waals surface area contributed by atoms with Gasteiger partial charge in [-0.15, -0.1) is 0 Å². The van der Waals surface area contributed by atoms with Gasteiger partial charge in [-0.3, -0.25) is 4.79 Å². The molecule has 1 aromatic heterocycles. The van der Waals surface area contributed by atoms with Crippen molar-refractivity contribution in [1.82, 2.24) is 14.9 Å². The van der Waals surface area contributed by atoms with Crippen LogP contribution < -0.4 is 9.64 Å². The molecule has 6 heteroatoms. The lowest BCUT2D eigenvalue weighted by atomic mass is 9.83. The van der Waals surface area contributed by atoms with Gasteiger partial charge in [-0.25, -0.2) is 4.98 Å². The second-order valence-electron chi connectivity index (χ2n) is 9.10. The Morgan fingerprint density at radius 1 is 1.30 bits per heavy atom. The van der Waals surface area contributed by atoms with Crippen LogP contribution >= 0.6 is 0 Å². The Labute approximate surface area is 163 Å². The molecule has 3 rings (SSSR count). The molecule has 3 heterocycles. The van der Waals surface area contributed by atoms with Gasteiger partial charge >= 0.3 is 0 Å². The summed E-state index contributed by atoms with van der Waals surface area (Å²) in [5.74, 6) is 2.19. The van der Waals surface area contributed by atoms with E-state index in [0.29, 0.717) is 35.6 Å². The average molecular weight is 375 g/mol. The molecule has 2 aliphatic heterocycles. The van der Waals surface area contributed by atoms with Crippen LogP contribution in [0.25, 0.3) is 0 Å². The van der Waals surface area contributed by atoms with Crippen molar-refractivity contribution in [3.05, 3.63) is 12.3 Å². The first kappa shape index (κ1) is 19.9. The molecule has 0 aromatic carbocycles. The monoisotopic (exact) mass is 374 g/mol. The Morgan fingerprint density at radius 2 is 2.11 bits per heavy atom. The molecule has 6 nitrogen and oxygen atoms in total. The van der Waals surface area contributed by atoms with E-state index in [1.54, 1.807) is 19.4 Å². The number of methoxy groups -OCH3 is 1. The molecule has 0 bridgehead atoms. The van der Waals surface area contributed by atoms with E-state index in [-0.39, 0.29) is 0 Å². The van der Waals surface area contributed by atoms with E-state index >= 15 is 0 Å². The molecule has 2 fully saturated rings. The number of aromatic nitrogens is 2. The summed E-state index contributed by atoms with van der Waals surface area (Å²) in [6, 6.07) is 2.15. The maximum atomic E-state index is 12.8. The molecule has 2 unspecified atom stereocenters. The lowest BCUT2D eigenvalue weighted by molar-refractivity contribution is -0.137. The summed E-state index contributed by atoms with van der Waals surface area (Å²) in [7, 11) is 1.63. The number of likely N-dealkylation sites (tertiary alicyclic amines) is 1. The maximum Gasteiger partial charge on any atom is 0.228 e. The highest BCUT2D eigenvalue weighted by Gasteiger charge is 2.38. The summed E-state index contributed by atoms with van der Waals surface area (Å²) in [6.45, 7) is 9.45. The average Bonchev–Trinajstić information content (AvgIpc) is 2.66. The fourth-order valence-electron chi connectivity index (χ4n) is 4.41. The Bertz CT molecular complexity index is 643. The highest BCUT2D eigenvalue weighted by molar-refractivity contribution is 5.76. The normalized spacial score (nSPS) is 23.1. The summed E-state index contributed by atoms with van der Waals surface area (Å²) in [4.78, 5) is 26.2. The molecular weight excluding hydrogens is 340 g/mol. The summed E-state index contributed by atoms with van der Waals surface area (Å²) < 4.78 is 5.23. The van der Waals surface area contributed by atoms with Gasteiger partial charge in [0, 0.05) is 44.4 Å². The van der Waals surface area contributed by atoms with E-state index in [1.807, 2.05) is 0 Å². The van der Waals surface area contributed by atoms with Gasteiger partial charge in [0.25, 0.3) is 0 Å². The minimum absolute atomic E-state index is 0.298. The van der Waals surface area contributed by atoms with Crippen molar-refractivity contribution in [2.45, 2.75) is 65.3 Å². The summed E-state index contributed by atoms with van der Waals surface area (Å²) in [5.41, 5.74) is 0.298. The number of hydrogen-bond acceptors (Lipinski definition) is 5. The third-order valence-electron chi connectivity index (χ3n) is 5.82. The maximum absolute atomic E-state index is 12.8. The van der Waals surface area contributed by atoms with E-state index < -0.39 is 0 Å². The van der Waals surface area contributed by atoms with Crippen LogP contribution in [0.2, 0.25) is 0 Å². The van der Waals surface area contributed by atoms with E-state index in [0.717, 1.165) is 51.3 Å². The largest absolute Gasteiger partial charge is 0.481 e. The fourth-order valence-corrected chi connectivity index (χ4v) is 4.41. The molecule has 150 valence electrons. The Hall–Kier alpha value is -1.85. The van der Waals surface area contributed by atoms with Crippen molar-refractivity contribution in [3.8, 4) is 5.88 Å². The number of rotatable bonds is 5. The molecule has 0 spiro atoms. The third-order valence-corrected chi connectivity index (χ3v) is 5.82. The van der Waals surface area contributed by atoms with Gasteiger partial charge in [0.2, 0.25) is 17.7 Å². The van der Waals surface area contributed by atoms with Gasteiger partial charge in [-0.05, 0) is 43.4 Å². The van der Waals surface area contributed by atoms with Crippen molar-refractivity contribution in [2.24, 2.45) is 11.3 Å². The standard InChI is InChI=1S/C21H34N4O2/c1-21(2,3)11-5-8-19(26)25-13-6-7-16-15-24(14-10-17(16)25)20-22-12-9-18(23-20)27-4/h9,12,16-17H,5-8,10-11,13-15H2,1-4H3. The molecule has 0 saturated carbocycles. The second kappa shape index (κ2) is 8.44. The molecule has 2 saturated heterocycles. The van der Waals surface area contributed by atoms with Gasteiger partial charge in [-0.2, -0.15) is 4.98 Å². The molecule has 1 aromatic rings. The van der Waals surface area contributed by atoms with Gasteiger partial charge in [0.1, 0.15) is 0 Å². The quantitative estimate of drug-likeness (QED) is 0.789. The summed E-state index contributed by atoms with van der Waals surface area (Å²) in [6.07, 6.45) is 7.79. The van der Waals surface area contributed by atoms with Crippen molar-refractivity contribution in [2.75, 3.05) is 31.6 Å². The zero-order valence-electron chi connectivity index (χ0n) is 17.3. The lowest BCUT2D eigenvalue weighted by Crippen LogP contribution is -2.56. The van der Waals surface area contributed by atoms with Crippen LogP contribution in [0.15, 0.2) is 12.3 Å². The lowest BCUT2D eigenvalue weighted by Gasteiger charge is -2.47. The van der Waals surface area contributed by atoms with Crippen LogP contribution in [0.5, 0.6) is 5.88 Å². The van der Waals surface area contributed by atoms with Crippen LogP contribution in [0, 0.1) is 11.3 Å². The van der Waals surface area contributed by atoms with Crippen LogP contribution in [-0.2, 0) is 4.79 Å². The van der Waals surface area contributed by atoms with E-state index in [1.165, 1.54) is 6.42 Å². The Balaban J connectivity index is 1.59. The molecule has 2 atom stereocenters. The number of fused-ring (bicyclic) bond motifs is 1. The Kier molecular flexibility index (Phi) is 6.22. The number of amides is 1. The number of carbonyl (C=O) groups is 1. The predicted octanol–water partition coefficient (Wildman–Crippen LogP) is 3.52. The van der Waals surface area contributed by atoms with Gasteiger partial charge < -0.3 is 14.5 Å². The topological polar surface area (TPSA) is 58.6 Å². The zero-order valence-corrected chi connectivity index (χ0v) is 17.3. The smallest absolute Gasteiger partial charge is 0.228 e. The molecule has 27 heavy (non-hydrogen) atoms. The molecule has 2 aliphatic rings. The van der Waals surface area contributed by atoms with Crippen molar-refractivity contribution < 1.29 is 9.53 Å². The van der Waals surface area contributed by atoms with Crippen LogP contribution in [0.4, 0.5) is 5.95 Å². The minimum Gasteiger partial charge on any atom is -0.481 e. The fraction of sp³-hybridized carbons (Fsp3) is 0.762. The highest BCUT2D eigenvalue weighted by Crippen LogP contribution is 2.33. The number of hydrogen-bond donors (Lipinski definition) is 0. The summed E-state index contributed by atoms with van der Waals surface area (Å²) >= 11 is 0. The third kappa shape index (κ3) is 5.11. The number of nitrogens with zero attached hydrogens (tertiary/aromatic N) is 4. The second-order valence-corrected chi connectivity index (χ2v) is 9.10. The van der Waals surface area contributed by atoms with Crippen LogP contribution in [0.3, 0.4) is 0 Å². The SMILES string of the molecule is COc1ccnc(N2CCC3C(CCCN3C(=O)CCCC(C)(C)C)C2)n1. The molecule has 0 aliphatic carbocycles. The zero-order chi connectivity index (χ0) is 19.4. The van der Waals surface area contributed by atoms with Crippen LogP contribution in [0.1, 0.15) is 59.3 Å². The van der Waals surface area contributed by atoms with Crippen LogP contribution in [-0.4, -0.2) is 53.6 Å². The number of ether oxygens (including phenoxy) is 1. The molecule has 0 radical (unpaired) electrons. The number of carbonyl (C=O) groups excluding carboxylic acids is 1. The highest BCUT2D eigenvalue weighted by atomic mass is 16.5. The van der Waals surface area contributed by atoms with E-state index in [2.05, 4.69) is 40.5 Å². The first-order valence-electron chi connectivity index (χ1n) is 10.3. The predicted molar refractivity (Wildman–Crippen MR) is 107 cm³/mol. The molecule has 0 N–H and O–H groups in total. The van der Waals surface area contributed by atoms with E-state index in [4.69, 9.17) is 4.74 Å². The van der Waals surface area contributed by atoms with Crippen molar-refractivity contribution >= 4 is 11.9 Å². The minimum atomic E-state index is 0.298. The first-order valence-corrected chi connectivity index (χ1v) is 10.3. The summed E-state index contributed by atoms with van der Waals surface area (Å²) in [5, 5.41) is 0. The number of piperidine rings is 2. The number of anilines is 1. The van der Waals surface area contributed by atoms with Crippen molar-refractivity contribution in [1.29, 1.82) is 0 Å². The Morgan fingerprint density at radius 3 is 2.85 bits per heavy atom. The van der Waals surface area contributed by atoms with Gasteiger partial charge in [0.05, 0.1) is 7.11 Å².